The van der Waals surface area contributed by atoms with E-state index in [2.05, 4.69) is 48.1 Å². The van der Waals surface area contributed by atoms with Crippen LogP contribution < -0.4 is 0 Å². The summed E-state index contributed by atoms with van der Waals surface area (Å²) in [6.45, 7) is 18.0. The SMILES string of the molecule is C=C(C)C(C)CCC(C)C(C)CCC(C)CC. The van der Waals surface area contributed by atoms with Gasteiger partial charge in [0.05, 0.1) is 0 Å². The molecule has 0 heterocycles. The minimum Gasteiger partial charge on any atom is -0.0999 e. The van der Waals surface area contributed by atoms with Crippen LogP contribution in [0.15, 0.2) is 12.2 Å². The van der Waals surface area contributed by atoms with Crippen LogP contribution in [0, 0.1) is 23.7 Å². The Bertz CT molecular complexity index is 204. The second-order valence-electron chi connectivity index (χ2n) is 6.37. The van der Waals surface area contributed by atoms with Gasteiger partial charge in [-0.2, -0.15) is 0 Å². The van der Waals surface area contributed by atoms with Crippen LogP contribution in [0.3, 0.4) is 0 Å². The van der Waals surface area contributed by atoms with Gasteiger partial charge in [-0.1, -0.05) is 66.0 Å². The summed E-state index contributed by atoms with van der Waals surface area (Å²) >= 11 is 0. The Morgan fingerprint density at radius 3 is 1.76 bits per heavy atom. The summed E-state index contributed by atoms with van der Waals surface area (Å²) in [5.74, 6) is 3.33. The summed E-state index contributed by atoms with van der Waals surface area (Å²) in [6.07, 6.45) is 6.79. The molecule has 0 aliphatic carbocycles. The third-order valence-corrected chi connectivity index (χ3v) is 4.68. The van der Waals surface area contributed by atoms with Crippen molar-refractivity contribution in [1.29, 1.82) is 0 Å². The molecule has 0 aliphatic heterocycles. The Hall–Kier alpha value is -0.260. The van der Waals surface area contributed by atoms with Crippen molar-refractivity contribution in [3.63, 3.8) is 0 Å². The molecule has 0 bridgehead atoms. The van der Waals surface area contributed by atoms with Crippen LogP contribution in [0.1, 0.15) is 73.6 Å². The molecule has 0 saturated heterocycles. The summed E-state index contributed by atoms with van der Waals surface area (Å²) in [5, 5.41) is 0. The maximum absolute atomic E-state index is 4.05. The highest BCUT2D eigenvalue weighted by molar-refractivity contribution is 4.93. The lowest BCUT2D eigenvalue weighted by molar-refractivity contribution is 0.300. The molecule has 0 aromatic rings. The topological polar surface area (TPSA) is 0 Å². The van der Waals surface area contributed by atoms with Gasteiger partial charge in [0.25, 0.3) is 0 Å². The Morgan fingerprint density at radius 2 is 1.35 bits per heavy atom. The number of rotatable bonds is 9. The molecule has 102 valence electrons. The van der Waals surface area contributed by atoms with Crippen molar-refractivity contribution in [3.8, 4) is 0 Å². The predicted molar refractivity (Wildman–Crippen MR) is 80.2 cm³/mol. The molecule has 0 spiro atoms. The minimum atomic E-state index is 0.694. The fraction of sp³-hybridized carbons (Fsp3) is 0.882. The third-order valence-electron chi connectivity index (χ3n) is 4.68. The number of allylic oxidation sites excluding steroid dienone is 1. The molecule has 0 fully saturated rings. The second kappa shape index (κ2) is 8.78. The van der Waals surface area contributed by atoms with E-state index in [1.807, 2.05) is 0 Å². The van der Waals surface area contributed by atoms with E-state index in [0.717, 1.165) is 17.8 Å². The molecule has 0 aliphatic rings. The maximum atomic E-state index is 4.05. The van der Waals surface area contributed by atoms with E-state index in [1.165, 1.54) is 37.7 Å². The smallest absolute Gasteiger partial charge is 0.0237 e. The zero-order valence-electron chi connectivity index (χ0n) is 13.1. The van der Waals surface area contributed by atoms with Crippen LogP contribution in [0.5, 0.6) is 0 Å². The molecule has 0 aromatic heterocycles. The Morgan fingerprint density at radius 1 is 0.882 bits per heavy atom. The van der Waals surface area contributed by atoms with Gasteiger partial charge in [-0.3, -0.25) is 0 Å². The summed E-state index contributed by atoms with van der Waals surface area (Å²) < 4.78 is 0. The first-order chi connectivity index (χ1) is 7.88. The van der Waals surface area contributed by atoms with Gasteiger partial charge in [-0.15, -0.1) is 0 Å². The average Bonchev–Trinajstić information content (AvgIpc) is 2.31. The molecular weight excluding hydrogens is 204 g/mol. The lowest BCUT2D eigenvalue weighted by Crippen LogP contribution is -2.11. The molecule has 17 heavy (non-hydrogen) atoms. The van der Waals surface area contributed by atoms with Crippen molar-refractivity contribution < 1.29 is 0 Å². The molecule has 4 atom stereocenters. The third kappa shape index (κ3) is 7.63. The standard InChI is InChI=1S/C17H34/c1-8-14(4)9-10-16(6)17(7)12-11-15(5)13(2)3/h14-17H,2,8-12H2,1,3-7H3. The molecule has 0 aromatic carbocycles. The van der Waals surface area contributed by atoms with E-state index < -0.39 is 0 Å². The minimum absolute atomic E-state index is 0.694. The van der Waals surface area contributed by atoms with E-state index in [4.69, 9.17) is 0 Å². The highest BCUT2D eigenvalue weighted by Gasteiger charge is 2.14. The van der Waals surface area contributed by atoms with Gasteiger partial charge in [0.1, 0.15) is 0 Å². The molecule has 0 N–H and O–H groups in total. The number of hydrogen-bond acceptors (Lipinski definition) is 0. The van der Waals surface area contributed by atoms with Crippen molar-refractivity contribution in [3.05, 3.63) is 12.2 Å². The average molecular weight is 238 g/mol. The van der Waals surface area contributed by atoms with E-state index in [1.54, 1.807) is 0 Å². The Balaban J connectivity index is 3.81. The fourth-order valence-corrected chi connectivity index (χ4v) is 2.08. The Kier molecular flexibility index (Phi) is 8.64. The molecule has 0 amide bonds. The van der Waals surface area contributed by atoms with Crippen LogP contribution in [0.2, 0.25) is 0 Å². The quantitative estimate of drug-likeness (QED) is 0.427. The van der Waals surface area contributed by atoms with Crippen LogP contribution in [0.4, 0.5) is 0 Å². The molecule has 0 heteroatoms. The van der Waals surface area contributed by atoms with Crippen LogP contribution in [-0.4, -0.2) is 0 Å². The second-order valence-corrected chi connectivity index (χ2v) is 6.37. The first-order valence-corrected chi connectivity index (χ1v) is 7.53. The Labute approximate surface area is 110 Å². The van der Waals surface area contributed by atoms with Gasteiger partial charge in [0.2, 0.25) is 0 Å². The van der Waals surface area contributed by atoms with Gasteiger partial charge in [0, 0.05) is 0 Å². The summed E-state index contributed by atoms with van der Waals surface area (Å²) in [6, 6.07) is 0. The van der Waals surface area contributed by atoms with E-state index in [9.17, 15) is 0 Å². The first kappa shape index (κ1) is 16.7. The van der Waals surface area contributed by atoms with E-state index >= 15 is 0 Å². The maximum Gasteiger partial charge on any atom is -0.0237 e. The monoisotopic (exact) mass is 238 g/mol. The van der Waals surface area contributed by atoms with E-state index in [-0.39, 0.29) is 0 Å². The predicted octanol–water partition coefficient (Wildman–Crippen LogP) is 6.08. The molecule has 0 nitrogen and oxygen atoms in total. The van der Waals surface area contributed by atoms with Crippen LogP contribution >= 0.6 is 0 Å². The van der Waals surface area contributed by atoms with Gasteiger partial charge in [0.15, 0.2) is 0 Å². The molecule has 0 saturated carbocycles. The van der Waals surface area contributed by atoms with Crippen molar-refractivity contribution in [1.82, 2.24) is 0 Å². The van der Waals surface area contributed by atoms with Crippen molar-refractivity contribution in [2.45, 2.75) is 73.6 Å². The van der Waals surface area contributed by atoms with Crippen molar-refractivity contribution in [2.24, 2.45) is 23.7 Å². The normalized spacial score (nSPS) is 18.5. The highest BCUT2D eigenvalue weighted by Crippen LogP contribution is 2.26. The molecular formula is C17H34. The van der Waals surface area contributed by atoms with Gasteiger partial charge >= 0.3 is 0 Å². The lowest BCUT2D eigenvalue weighted by atomic mass is 9.83. The van der Waals surface area contributed by atoms with Crippen LogP contribution in [0.25, 0.3) is 0 Å². The first-order valence-electron chi connectivity index (χ1n) is 7.53. The number of hydrogen-bond donors (Lipinski definition) is 0. The molecule has 0 radical (unpaired) electrons. The summed E-state index contributed by atoms with van der Waals surface area (Å²) in [4.78, 5) is 0. The van der Waals surface area contributed by atoms with Gasteiger partial charge in [-0.25, -0.2) is 0 Å². The van der Waals surface area contributed by atoms with Gasteiger partial charge < -0.3 is 0 Å². The largest absolute Gasteiger partial charge is 0.0999 e. The van der Waals surface area contributed by atoms with Gasteiger partial charge in [-0.05, 0) is 43.4 Å². The summed E-state index contributed by atoms with van der Waals surface area (Å²) in [7, 11) is 0. The molecule has 4 unspecified atom stereocenters. The highest BCUT2D eigenvalue weighted by atomic mass is 14.2. The fourth-order valence-electron chi connectivity index (χ4n) is 2.08. The lowest BCUT2D eigenvalue weighted by Gasteiger charge is -2.23. The summed E-state index contributed by atoms with van der Waals surface area (Å²) in [5.41, 5.74) is 1.34. The van der Waals surface area contributed by atoms with E-state index in [0.29, 0.717) is 5.92 Å². The molecule has 0 rings (SSSR count). The van der Waals surface area contributed by atoms with Crippen molar-refractivity contribution >= 4 is 0 Å². The zero-order valence-corrected chi connectivity index (χ0v) is 13.1. The zero-order chi connectivity index (χ0) is 13.4. The van der Waals surface area contributed by atoms with Crippen LogP contribution in [-0.2, 0) is 0 Å². The van der Waals surface area contributed by atoms with Crippen molar-refractivity contribution in [2.75, 3.05) is 0 Å².